The molecule has 1 aliphatic heterocycles. The largest absolute Gasteiger partial charge is 0.478 e. The molecule has 0 aromatic carbocycles. The van der Waals surface area contributed by atoms with Crippen molar-refractivity contribution < 1.29 is 14.6 Å². The Hall–Kier alpha value is -1.92. The van der Waals surface area contributed by atoms with Crippen LogP contribution in [-0.4, -0.2) is 47.3 Å². The van der Waals surface area contributed by atoms with Crippen molar-refractivity contribution in [2.75, 3.05) is 32.0 Å². The third-order valence-corrected chi connectivity index (χ3v) is 2.94. The Bertz CT molecular complexity index is 482. The van der Waals surface area contributed by atoms with E-state index in [2.05, 4.69) is 9.88 Å². The predicted octanol–water partition coefficient (Wildman–Crippen LogP) is 0.594. The first-order valence-electron chi connectivity index (χ1n) is 6.10. The van der Waals surface area contributed by atoms with Gasteiger partial charge in [0.1, 0.15) is 5.82 Å². The van der Waals surface area contributed by atoms with Crippen molar-refractivity contribution in [2.45, 2.75) is 6.54 Å². The number of carboxylic acid groups (broad SMARTS) is 1. The van der Waals surface area contributed by atoms with Crippen LogP contribution in [0.25, 0.3) is 6.08 Å². The lowest BCUT2D eigenvalue weighted by atomic mass is 10.1. The molecule has 1 aromatic rings. The number of nitrogen functional groups attached to an aromatic ring is 1. The first kappa shape index (κ1) is 13.5. The van der Waals surface area contributed by atoms with Crippen molar-refractivity contribution in [2.24, 2.45) is 0 Å². The van der Waals surface area contributed by atoms with Gasteiger partial charge in [-0.25, -0.2) is 9.78 Å². The summed E-state index contributed by atoms with van der Waals surface area (Å²) in [4.78, 5) is 16.8. The fraction of sp³-hybridized carbons (Fsp3) is 0.385. The predicted molar refractivity (Wildman–Crippen MR) is 71.4 cm³/mol. The van der Waals surface area contributed by atoms with E-state index in [0.29, 0.717) is 12.4 Å². The summed E-state index contributed by atoms with van der Waals surface area (Å²) >= 11 is 0. The van der Waals surface area contributed by atoms with Crippen LogP contribution >= 0.6 is 0 Å². The molecule has 0 bridgehead atoms. The van der Waals surface area contributed by atoms with Gasteiger partial charge in [-0.1, -0.05) is 0 Å². The molecule has 2 heterocycles. The van der Waals surface area contributed by atoms with Crippen LogP contribution in [0.4, 0.5) is 5.82 Å². The first-order valence-corrected chi connectivity index (χ1v) is 6.10. The number of nitrogens with zero attached hydrogens (tertiary/aromatic N) is 2. The van der Waals surface area contributed by atoms with E-state index in [1.54, 1.807) is 6.20 Å². The third kappa shape index (κ3) is 4.04. The number of hydrogen-bond acceptors (Lipinski definition) is 5. The maximum absolute atomic E-state index is 10.5. The highest BCUT2D eigenvalue weighted by molar-refractivity contribution is 5.85. The van der Waals surface area contributed by atoms with Gasteiger partial charge in [0.05, 0.1) is 13.2 Å². The second-order valence-corrected chi connectivity index (χ2v) is 4.37. The minimum absolute atomic E-state index is 0.485. The second-order valence-electron chi connectivity index (χ2n) is 4.37. The van der Waals surface area contributed by atoms with Gasteiger partial charge in [0, 0.05) is 37.5 Å². The highest BCUT2D eigenvalue weighted by Gasteiger charge is 2.12. The van der Waals surface area contributed by atoms with Crippen LogP contribution < -0.4 is 5.73 Å². The number of carboxylic acids is 1. The monoisotopic (exact) mass is 263 g/mol. The minimum atomic E-state index is -0.980. The van der Waals surface area contributed by atoms with Crippen LogP contribution in [0.3, 0.4) is 0 Å². The molecule has 0 atom stereocenters. The summed E-state index contributed by atoms with van der Waals surface area (Å²) < 4.78 is 5.29. The summed E-state index contributed by atoms with van der Waals surface area (Å²) in [6, 6.07) is 1.87. The van der Waals surface area contributed by atoms with Crippen LogP contribution in [0.5, 0.6) is 0 Å². The lowest BCUT2D eigenvalue weighted by Gasteiger charge is -2.26. The Labute approximate surface area is 111 Å². The molecule has 1 saturated heterocycles. The molecule has 6 heteroatoms. The van der Waals surface area contributed by atoms with Crippen molar-refractivity contribution in [1.29, 1.82) is 0 Å². The summed E-state index contributed by atoms with van der Waals surface area (Å²) in [5.74, 6) is -0.495. The van der Waals surface area contributed by atoms with Crippen LogP contribution in [-0.2, 0) is 16.1 Å². The van der Waals surface area contributed by atoms with Crippen LogP contribution in [0, 0.1) is 0 Å². The molecule has 1 aliphatic rings. The van der Waals surface area contributed by atoms with Crippen molar-refractivity contribution in [3.05, 3.63) is 29.5 Å². The molecule has 0 aliphatic carbocycles. The van der Waals surface area contributed by atoms with Gasteiger partial charge >= 0.3 is 5.97 Å². The zero-order valence-electron chi connectivity index (χ0n) is 10.6. The first-order chi connectivity index (χ1) is 9.15. The molecule has 0 unspecified atom stereocenters. The number of pyridine rings is 1. The fourth-order valence-corrected chi connectivity index (χ4v) is 1.92. The van der Waals surface area contributed by atoms with Gasteiger partial charge in [-0.05, 0) is 17.7 Å². The zero-order chi connectivity index (χ0) is 13.7. The quantitative estimate of drug-likeness (QED) is 0.773. The molecule has 19 heavy (non-hydrogen) atoms. The van der Waals surface area contributed by atoms with Crippen LogP contribution in [0.2, 0.25) is 0 Å². The molecule has 1 aromatic heterocycles. The maximum atomic E-state index is 10.5. The zero-order valence-corrected chi connectivity index (χ0v) is 10.6. The van der Waals surface area contributed by atoms with E-state index >= 15 is 0 Å². The summed E-state index contributed by atoms with van der Waals surface area (Å²) in [6.07, 6.45) is 4.17. The summed E-state index contributed by atoms with van der Waals surface area (Å²) in [6.45, 7) is 3.90. The van der Waals surface area contributed by atoms with E-state index in [9.17, 15) is 4.79 Å². The van der Waals surface area contributed by atoms with E-state index in [-0.39, 0.29) is 0 Å². The molecule has 0 spiro atoms. The van der Waals surface area contributed by atoms with Crippen LogP contribution in [0.1, 0.15) is 11.1 Å². The van der Waals surface area contributed by atoms with E-state index in [0.717, 1.165) is 43.5 Å². The van der Waals surface area contributed by atoms with Gasteiger partial charge in [0.25, 0.3) is 0 Å². The van der Waals surface area contributed by atoms with E-state index < -0.39 is 5.97 Å². The van der Waals surface area contributed by atoms with Gasteiger partial charge in [-0.2, -0.15) is 0 Å². The molecular weight excluding hydrogens is 246 g/mol. The molecule has 102 valence electrons. The number of rotatable bonds is 4. The summed E-state index contributed by atoms with van der Waals surface area (Å²) in [5.41, 5.74) is 7.50. The van der Waals surface area contributed by atoms with Crippen molar-refractivity contribution in [1.82, 2.24) is 9.88 Å². The Balaban J connectivity index is 2.10. The SMILES string of the molecule is Nc1ncc(/C=C/C(=O)O)cc1CN1CCOCC1. The Morgan fingerprint density at radius 1 is 1.53 bits per heavy atom. The number of aliphatic carboxylic acids is 1. The van der Waals surface area contributed by atoms with Gasteiger partial charge < -0.3 is 15.6 Å². The molecule has 6 nitrogen and oxygen atoms in total. The van der Waals surface area contributed by atoms with Crippen molar-refractivity contribution in [3.63, 3.8) is 0 Å². The molecule has 0 saturated carbocycles. The lowest BCUT2D eigenvalue weighted by molar-refractivity contribution is -0.131. The third-order valence-electron chi connectivity index (χ3n) is 2.94. The number of ether oxygens (including phenoxy) is 1. The van der Waals surface area contributed by atoms with Crippen molar-refractivity contribution in [3.8, 4) is 0 Å². The maximum Gasteiger partial charge on any atom is 0.328 e. The molecular formula is C13H17N3O3. The van der Waals surface area contributed by atoms with Gasteiger partial charge in [-0.15, -0.1) is 0 Å². The number of morpholine rings is 1. The molecule has 0 radical (unpaired) electrons. The number of anilines is 1. The molecule has 0 amide bonds. The smallest absolute Gasteiger partial charge is 0.328 e. The normalized spacial score (nSPS) is 16.8. The lowest BCUT2D eigenvalue weighted by Crippen LogP contribution is -2.35. The molecule has 2 rings (SSSR count). The average molecular weight is 263 g/mol. The molecule has 1 fully saturated rings. The highest BCUT2D eigenvalue weighted by Crippen LogP contribution is 2.15. The van der Waals surface area contributed by atoms with E-state index in [4.69, 9.17) is 15.6 Å². The summed E-state index contributed by atoms with van der Waals surface area (Å²) in [5, 5.41) is 8.61. The molecule has 3 N–H and O–H groups in total. The topological polar surface area (TPSA) is 88.7 Å². The van der Waals surface area contributed by atoms with E-state index in [1.807, 2.05) is 6.07 Å². The van der Waals surface area contributed by atoms with E-state index in [1.165, 1.54) is 6.08 Å². The highest BCUT2D eigenvalue weighted by atomic mass is 16.5. The Morgan fingerprint density at radius 2 is 2.26 bits per heavy atom. The van der Waals surface area contributed by atoms with Crippen LogP contribution in [0.15, 0.2) is 18.3 Å². The van der Waals surface area contributed by atoms with Gasteiger partial charge in [-0.3, -0.25) is 4.90 Å². The van der Waals surface area contributed by atoms with Crippen molar-refractivity contribution >= 4 is 17.9 Å². The number of aromatic nitrogens is 1. The van der Waals surface area contributed by atoms with Gasteiger partial charge in [0.15, 0.2) is 0 Å². The fourth-order valence-electron chi connectivity index (χ4n) is 1.92. The summed E-state index contributed by atoms with van der Waals surface area (Å²) in [7, 11) is 0. The van der Waals surface area contributed by atoms with Gasteiger partial charge in [0.2, 0.25) is 0 Å². The Kier molecular flexibility index (Phi) is 4.48. The Morgan fingerprint density at radius 3 is 2.95 bits per heavy atom. The number of carbonyl (C=O) groups is 1. The average Bonchev–Trinajstić information content (AvgIpc) is 2.41. The number of hydrogen-bond donors (Lipinski definition) is 2. The minimum Gasteiger partial charge on any atom is -0.478 e. The standard InChI is InChI=1S/C13H17N3O3/c14-13-11(9-16-3-5-19-6-4-16)7-10(8-15-13)1-2-12(17)18/h1-2,7-8H,3-6,9H2,(H2,14,15)(H,17,18)/b2-1+. The second kappa shape index (κ2) is 6.31. The number of nitrogens with two attached hydrogens (primary N) is 1.